The lowest BCUT2D eigenvalue weighted by atomic mass is 10.1. The Kier molecular flexibility index (Phi) is 4.16. The first-order valence-electron chi connectivity index (χ1n) is 5.77. The van der Waals surface area contributed by atoms with E-state index < -0.39 is 5.97 Å². The molecule has 0 saturated carbocycles. The molecule has 5 heteroatoms. The molecule has 0 amide bonds. The molecule has 1 heterocycles. The predicted molar refractivity (Wildman–Crippen MR) is 76.0 cm³/mol. The van der Waals surface area contributed by atoms with Crippen LogP contribution in [0, 0.1) is 0 Å². The highest BCUT2D eigenvalue weighted by Crippen LogP contribution is 2.30. The summed E-state index contributed by atoms with van der Waals surface area (Å²) in [4.78, 5) is 14.1. The fourth-order valence-corrected chi connectivity index (χ4v) is 2.55. The van der Waals surface area contributed by atoms with Crippen LogP contribution >= 0.6 is 11.8 Å². The van der Waals surface area contributed by atoms with Gasteiger partial charge < -0.3 is 14.4 Å². The van der Waals surface area contributed by atoms with Crippen molar-refractivity contribution in [3.63, 3.8) is 0 Å². The molecular formula is C14H15NO3S. The molecule has 1 N–H and O–H groups in total. The number of carboxylic acids is 1. The van der Waals surface area contributed by atoms with E-state index in [9.17, 15) is 9.90 Å². The van der Waals surface area contributed by atoms with Crippen LogP contribution in [0.5, 0.6) is 0 Å². The minimum Gasteiger partial charge on any atom is -0.478 e. The molecule has 0 unspecified atom stereocenters. The lowest BCUT2D eigenvalue weighted by molar-refractivity contribution is 0.0694. The van der Waals surface area contributed by atoms with Crippen LogP contribution in [0.15, 0.2) is 45.9 Å². The molecular weight excluding hydrogens is 262 g/mol. The average molecular weight is 277 g/mol. The third-order valence-corrected chi connectivity index (χ3v) is 3.60. The summed E-state index contributed by atoms with van der Waals surface area (Å²) >= 11 is 1.43. The van der Waals surface area contributed by atoms with E-state index in [0.29, 0.717) is 17.8 Å². The van der Waals surface area contributed by atoms with Crippen LogP contribution in [0.4, 0.5) is 5.69 Å². The van der Waals surface area contributed by atoms with Gasteiger partial charge in [0.05, 0.1) is 24.1 Å². The average Bonchev–Trinajstić information content (AvgIpc) is 2.90. The smallest absolute Gasteiger partial charge is 0.338 e. The Morgan fingerprint density at radius 1 is 1.37 bits per heavy atom. The molecule has 0 saturated heterocycles. The summed E-state index contributed by atoms with van der Waals surface area (Å²) in [7, 11) is 1.86. The summed E-state index contributed by atoms with van der Waals surface area (Å²) in [6.07, 6.45) is 3.48. The molecule has 19 heavy (non-hydrogen) atoms. The van der Waals surface area contributed by atoms with Gasteiger partial charge in [0.2, 0.25) is 0 Å². The Balaban J connectivity index is 2.35. The maximum atomic E-state index is 11.4. The number of rotatable bonds is 5. The predicted octanol–water partition coefficient (Wildman–Crippen LogP) is 3.34. The van der Waals surface area contributed by atoms with E-state index >= 15 is 0 Å². The van der Waals surface area contributed by atoms with Crippen molar-refractivity contribution in [1.29, 1.82) is 0 Å². The van der Waals surface area contributed by atoms with Crippen molar-refractivity contribution in [2.24, 2.45) is 0 Å². The van der Waals surface area contributed by atoms with Crippen LogP contribution in [0.25, 0.3) is 0 Å². The normalized spacial score (nSPS) is 10.4. The Hall–Kier alpha value is -1.88. The molecule has 0 radical (unpaired) electrons. The first-order valence-corrected chi connectivity index (χ1v) is 6.99. The van der Waals surface area contributed by atoms with Crippen LogP contribution in [0.3, 0.4) is 0 Å². The number of nitrogens with zero attached hydrogens (tertiary/aromatic N) is 1. The molecule has 100 valence electrons. The van der Waals surface area contributed by atoms with Crippen LogP contribution in [-0.2, 0) is 6.54 Å². The summed E-state index contributed by atoms with van der Waals surface area (Å²) in [5.74, 6) is -0.111. The number of furan rings is 1. The van der Waals surface area contributed by atoms with Crippen LogP contribution < -0.4 is 4.90 Å². The van der Waals surface area contributed by atoms with Gasteiger partial charge in [-0.05, 0) is 30.5 Å². The van der Waals surface area contributed by atoms with E-state index in [1.165, 1.54) is 11.8 Å². The van der Waals surface area contributed by atoms with Gasteiger partial charge in [0.15, 0.2) is 0 Å². The second-order valence-corrected chi connectivity index (χ2v) is 4.94. The van der Waals surface area contributed by atoms with Crippen LogP contribution in [-0.4, -0.2) is 24.4 Å². The van der Waals surface area contributed by atoms with Crippen molar-refractivity contribution in [1.82, 2.24) is 0 Å². The number of aromatic carboxylic acids is 1. The first kappa shape index (κ1) is 13.5. The zero-order valence-electron chi connectivity index (χ0n) is 10.8. The summed E-state index contributed by atoms with van der Waals surface area (Å²) in [6, 6.07) is 9.19. The molecule has 2 rings (SSSR count). The number of anilines is 1. The van der Waals surface area contributed by atoms with Gasteiger partial charge in [0, 0.05) is 11.9 Å². The van der Waals surface area contributed by atoms with Gasteiger partial charge in [0.25, 0.3) is 0 Å². The maximum absolute atomic E-state index is 11.4. The summed E-state index contributed by atoms with van der Waals surface area (Å²) in [5.41, 5.74) is 1.03. The van der Waals surface area contributed by atoms with Gasteiger partial charge in [-0.1, -0.05) is 6.07 Å². The molecule has 0 fully saturated rings. The summed E-state index contributed by atoms with van der Waals surface area (Å²) < 4.78 is 5.29. The van der Waals surface area contributed by atoms with Crippen molar-refractivity contribution >= 4 is 23.4 Å². The molecule has 4 nitrogen and oxygen atoms in total. The van der Waals surface area contributed by atoms with E-state index in [1.54, 1.807) is 6.26 Å². The molecule has 0 spiro atoms. The highest BCUT2D eigenvalue weighted by Gasteiger charge is 2.18. The second kappa shape index (κ2) is 5.84. The van der Waals surface area contributed by atoms with E-state index in [2.05, 4.69) is 0 Å². The first-order chi connectivity index (χ1) is 9.13. The Bertz CT molecular complexity index is 566. The van der Waals surface area contributed by atoms with Gasteiger partial charge in [-0.25, -0.2) is 4.79 Å². The Morgan fingerprint density at radius 3 is 2.74 bits per heavy atom. The van der Waals surface area contributed by atoms with Gasteiger partial charge in [-0.15, -0.1) is 11.8 Å². The fourth-order valence-electron chi connectivity index (χ4n) is 1.94. The molecule has 1 aromatic heterocycles. The van der Waals surface area contributed by atoms with E-state index in [0.717, 1.165) is 10.7 Å². The van der Waals surface area contributed by atoms with Crippen molar-refractivity contribution in [2.75, 3.05) is 18.2 Å². The number of hydrogen-bond donors (Lipinski definition) is 1. The van der Waals surface area contributed by atoms with Gasteiger partial charge in [-0.3, -0.25) is 0 Å². The Morgan fingerprint density at radius 2 is 2.16 bits per heavy atom. The SMILES string of the molecule is CSc1cccc(N(C)Cc2ccco2)c1C(=O)O. The monoisotopic (exact) mass is 277 g/mol. The number of hydrogen-bond acceptors (Lipinski definition) is 4. The van der Waals surface area contributed by atoms with Crippen molar-refractivity contribution in [2.45, 2.75) is 11.4 Å². The third-order valence-electron chi connectivity index (χ3n) is 2.82. The molecule has 0 aliphatic rings. The molecule has 1 aromatic carbocycles. The topological polar surface area (TPSA) is 53.7 Å². The maximum Gasteiger partial charge on any atom is 0.338 e. The van der Waals surface area contributed by atoms with Crippen LogP contribution in [0.2, 0.25) is 0 Å². The molecule has 0 atom stereocenters. The molecule has 0 bridgehead atoms. The van der Waals surface area contributed by atoms with Crippen molar-refractivity contribution in [3.05, 3.63) is 47.9 Å². The van der Waals surface area contributed by atoms with Gasteiger partial charge in [-0.2, -0.15) is 0 Å². The zero-order valence-corrected chi connectivity index (χ0v) is 11.6. The number of benzene rings is 1. The summed E-state index contributed by atoms with van der Waals surface area (Å²) in [6.45, 7) is 0.533. The highest BCUT2D eigenvalue weighted by atomic mass is 32.2. The lowest BCUT2D eigenvalue weighted by Gasteiger charge is -2.21. The number of carbonyl (C=O) groups is 1. The van der Waals surface area contributed by atoms with E-state index in [-0.39, 0.29) is 0 Å². The van der Waals surface area contributed by atoms with E-state index in [1.807, 2.05) is 48.5 Å². The minimum absolute atomic E-state index is 0.337. The quantitative estimate of drug-likeness (QED) is 0.849. The van der Waals surface area contributed by atoms with Crippen molar-refractivity contribution < 1.29 is 14.3 Å². The minimum atomic E-state index is -0.911. The van der Waals surface area contributed by atoms with E-state index in [4.69, 9.17) is 4.42 Å². The Labute approximate surface area is 116 Å². The fraction of sp³-hybridized carbons (Fsp3) is 0.214. The third kappa shape index (κ3) is 2.93. The molecule has 2 aromatic rings. The standard InChI is InChI=1S/C14H15NO3S/c1-15(9-10-5-4-8-18-10)11-6-3-7-12(19-2)13(11)14(16)17/h3-8H,9H2,1-2H3,(H,16,17). The summed E-state index contributed by atoms with van der Waals surface area (Å²) in [5, 5.41) is 9.39. The zero-order chi connectivity index (χ0) is 13.8. The van der Waals surface area contributed by atoms with Gasteiger partial charge >= 0.3 is 5.97 Å². The molecule has 0 aliphatic heterocycles. The second-order valence-electron chi connectivity index (χ2n) is 4.09. The lowest BCUT2D eigenvalue weighted by Crippen LogP contribution is -2.19. The van der Waals surface area contributed by atoms with Crippen molar-refractivity contribution in [3.8, 4) is 0 Å². The number of thioether (sulfide) groups is 1. The number of carboxylic acid groups (broad SMARTS) is 1. The molecule has 0 aliphatic carbocycles. The largest absolute Gasteiger partial charge is 0.478 e. The van der Waals surface area contributed by atoms with Crippen LogP contribution in [0.1, 0.15) is 16.1 Å². The van der Waals surface area contributed by atoms with Gasteiger partial charge in [0.1, 0.15) is 5.76 Å². The highest BCUT2D eigenvalue weighted by molar-refractivity contribution is 7.98.